The molecule has 4 aliphatic carbocycles. The number of halogens is 1. The van der Waals surface area contributed by atoms with E-state index < -0.39 is 0 Å². The third-order valence-corrected chi connectivity index (χ3v) is 5.42. The molecule has 0 saturated heterocycles. The molecule has 0 heterocycles. The van der Waals surface area contributed by atoms with Gasteiger partial charge in [-0.15, -0.1) is 0 Å². The molecule has 0 aliphatic heterocycles. The van der Waals surface area contributed by atoms with Crippen LogP contribution < -0.4 is 0 Å². The Morgan fingerprint density at radius 3 is 2.83 bits per heavy atom. The number of carbonyl (C=O) groups is 1. The van der Waals surface area contributed by atoms with Crippen molar-refractivity contribution in [2.75, 3.05) is 0 Å². The van der Waals surface area contributed by atoms with Crippen LogP contribution in [0.4, 0.5) is 0 Å². The Bertz CT molecular complexity index is 238. The van der Waals surface area contributed by atoms with Crippen molar-refractivity contribution in [3.8, 4) is 0 Å². The van der Waals surface area contributed by atoms with E-state index >= 15 is 0 Å². The summed E-state index contributed by atoms with van der Waals surface area (Å²) < 4.78 is 0. The van der Waals surface area contributed by atoms with E-state index in [9.17, 15) is 4.79 Å². The Kier molecular flexibility index (Phi) is 1.47. The quantitative estimate of drug-likeness (QED) is 0.583. The maximum Gasteiger partial charge on any atom is 0.140 e. The summed E-state index contributed by atoms with van der Waals surface area (Å²) in [4.78, 5) is 12.3. The van der Waals surface area contributed by atoms with Gasteiger partial charge >= 0.3 is 0 Å². The van der Waals surface area contributed by atoms with Crippen LogP contribution >= 0.6 is 15.9 Å². The molecular weight excluding hydrogens is 216 g/mol. The van der Waals surface area contributed by atoms with Gasteiger partial charge in [-0.25, -0.2) is 0 Å². The number of carbonyl (C=O) groups excluding carboxylic acids is 1. The van der Waals surface area contributed by atoms with Crippen LogP contribution in [0.2, 0.25) is 0 Å². The van der Waals surface area contributed by atoms with Crippen molar-refractivity contribution in [1.82, 2.24) is 0 Å². The molecule has 0 radical (unpaired) electrons. The van der Waals surface area contributed by atoms with Gasteiger partial charge in [0.25, 0.3) is 0 Å². The molecule has 4 bridgehead atoms. The highest BCUT2D eigenvalue weighted by Crippen LogP contribution is 2.54. The van der Waals surface area contributed by atoms with Crippen molar-refractivity contribution in [1.29, 1.82) is 0 Å². The number of ketones is 1. The molecule has 0 aromatic heterocycles. The average Bonchev–Trinajstić information content (AvgIpc) is 2.07. The van der Waals surface area contributed by atoms with Crippen molar-refractivity contribution < 1.29 is 4.79 Å². The van der Waals surface area contributed by atoms with E-state index in [4.69, 9.17) is 0 Å². The third kappa shape index (κ3) is 0.822. The smallest absolute Gasteiger partial charge is 0.140 e. The van der Waals surface area contributed by atoms with Crippen molar-refractivity contribution in [3.63, 3.8) is 0 Å². The zero-order valence-electron chi connectivity index (χ0n) is 7.00. The zero-order chi connectivity index (χ0) is 8.29. The Hall–Kier alpha value is 0.150. The molecule has 4 saturated carbocycles. The molecule has 66 valence electrons. The minimum atomic E-state index is 0.390. The molecule has 0 N–H and O–H groups in total. The number of Topliss-reactive ketones (excluding diaryl/α,β-unsaturated/α-hetero) is 1. The highest BCUT2D eigenvalue weighted by Gasteiger charge is 2.52. The second-order valence-electron chi connectivity index (χ2n) is 4.72. The minimum Gasteiger partial charge on any atom is -0.299 e. The highest BCUT2D eigenvalue weighted by atomic mass is 79.9. The summed E-state index contributed by atoms with van der Waals surface area (Å²) in [6.45, 7) is 0. The largest absolute Gasteiger partial charge is 0.299 e. The van der Waals surface area contributed by atoms with Gasteiger partial charge in [0.05, 0.1) is 0 Å². The van der Waals surface area contributed by atoms with Crippen molar-refractivity contribution in [2.24, 2.45) is 23.7 Å². The van der Waals surface area contributed by atoms with Gasteiger partial charge in [-0.05, 0) is 37.5 Å². The molecule has 12 heavy (non-hydrogen) atoms. The Morgan fingerprint density at radius 1 is 1.17 bits per heavy atom. The van der Waals surface area contributed by atoms with Gasteiger partial charge in [0.1, 0.15) is 5.78 Å². The van der Waals surface area contributed by atoms with E-state index in [2.05, 4.69) is 15.9 Å². The molecule has 0 unspecified atom stereocenters. The van der Waals surface area contributed by atoms with Gasteiger partial charge in [-0.1, -0.05) is 15.9 Å². The number of hydrogen-bond acceptors (Lipinski definition) is 1. The summed E-state index contributed by atoms with van der Waals surface area (Å²) in [5.41, 5.74) is 0. The predicted molar refractivity (Wildman–Crippen MR) is 50.2 cm³/mol. The maximum atomic E-state index is 11.8. The maximum absolute atomic E-state index is 11.8. The van der Waals surface area contributed by atoms with Crippen molar-refractivity contribution in [3.05, 3.63) is 0 Å². The fraction of sp³-hybridized carbons (Fsp3) is 0.900. The van der Waals surface area contributed by atoms with Gasteiger partial charge in [-0.2, -0.15) is 0 Å². The molecule has 0 aromatic carbocycles. The molecule has 2 heteroatoms. The second-order valence-corrected chi connectivity index (χ2v) is 5.78. The minimum absolute atomic E-state index is 0.390. The van der Waals surface area contributed by atoms with Crippen LogP contribution in [-0.2, 0) is 4.79 Å². The first-order valence-corrected chi connectivity index (χ1v) is 5.85. The fourth-order valence-corrected chi connectivity index (χ4v) is 4.47. The molecule has 0 aromatic rings. The van der Waals surface area contributed by atoms with Gasteiger partial charge < -0.3 is 0 Å². The van der Waals surface area contributed by atoms with Gasteiger partial charge in [0.2, 0.25) is 0 Å². The first kappa shape index (κ1) is 7.54. The zero-order valence-corrected chi connectivity index (χ0v) is 8.59. The number of rotatable bonds is 0. The summed E-state index contributed by atoms with van der Waals surface area (Å²) in [5.74, 6) is 3.14. The molecule has 4 aliphatic rings. The molecule has 5 atom stereocenters. The van der Waals surface area contributed by atoms with E-state index in [0.29, 0.717) is 22.4 Å². The van der Waals surface area contributed by atoms with Gasteiger partial charge in [0, 0.05) is 16.7 Å². The monoisotopic (exact) mass is 228 g/mol. The Labute approximate surface area is 81.0 Å². The second kappa shape index (κ2) is 2.34. The topological polar surface area (TPSA) is 17.1 Å². The van der Waals surface area contributed by atoms with Crippen LogP contribution in [0, 0.1) is 23.7 Å². The molecule has 0 spiro atoms. The lowest BCUT2D eigenvalue weighted by atomic mass is 9.56. The molecule has 4 rings (SSSR count). The predicted octanol–water partition coefficient (Wildman–Crippen LogP) is 2.39. The molecule has 4 fully saturated rings. The van der Waals surface area contributed by atoms with Crippen LogP contribution in [0.3, 0.4) is 0 Å². The highest BCUT2D eigenvalue weighted by molar-refractivity contribution is 9.09. The first-order chi connectivity index (χ1) is 5.75. The van der Waals surface area contributed by atoms with E-state index in [0.717, 1.165) is 11.8 Å². The van der Waals surface area contributed by atoms with E-state index in [1.807, 2.05) is 0 Å². The number of hydrogen-bond donors (Lipinski definition) is 0. The van der Waals surface area contributed by atoms with Gasteiger partial charge in [0.15, 0.2) is 0 Å². The van der Waals surface area contributed by atoms with Crippen LogP contribution in [-0.4, -0.2) is 10.6 Å². The number of alkyl halides is 1. The summed E-state index contributed by atoms with van der Waals surface area (Å²) in [6.07, 6.45) is 4.96. The van der Waals surface area contributed by atoms with E-state index in [1.54, 1.807) is 0 Å². The third-order valence-electron chi connectivity index (χ3n) is 4.03. The SMILES string of the molecule is O=C1[C@@H]2C[C@H]3C[C@@H](C2)[C@H](Br)[C@@H]1C3. The fourth-order valence-electron chi connectivity index (χ4n) is 3.56. The van der Waals surface area contributed by atoms with E-state index in [1.165, 1.54) is 25.7 Å². The normalized spacial score (nSPS) is 56.4. The van der Waals surface area contributed by atoms with E-state index in [-0.39, 0.29) is 0 Å². The molecular formula is C10H13BrO. The first-order valence-electron chi connectivity index (χ1n) is 4.93. The summed E-state index contributed by atoms with van der Waals surface area (Å²) in [6, 6.07) is 0. The Balaban J connectivity index is 1.98. The lowest BCUT2D eigenvalue weighted by molar-refractivity contribution is -0.138. The lowest BCUT2D eigenvalue weighted by Gasteiger charge is -2.51. The van der Waals surface area contributed by atoms with Crippen LogP contribution in [0.5, 0.6) is 0 Å². The van der Waals surface area contributed by atoms with Crippen molar-refractivity contribution in [2.45, 2.75) is 30.5 Å². The standard InChI is InChI=1S/C10H13BrO/c11-9-6-1-5-2-7(4-6)10(12)8(9)3-5/h5-9H,1-4H2/t5-,6+,7-,8+,9+/m1/s1. The van der Waals surface area contributed by atoms with Gasteiger partial charge in [-0.3, -0.25) is 4.79 Å². The molecule has 0 amide bonds. The molecule has 1 nitrogen and oxygen atoms in total. The van der Waals surface area contributed by atoms with Crippen molar-refractivity contribution >= 4 is 21.7 Å². The summed E-state index contributed by atoms with van der Waals surface area (Å²) >= 11 is 3.70. The lowest BCUT2D eigenvalue weighted by Crippen LogP contribution is -2.51. The van der Waals surface area contributed by atoms with Crippen LogP contribution in [0.15, 0.2) is 0 Å². The Morgan fingerprint density at radius 2 is 2.00 bits per heavy atom. The van der Waals surface area contributed by atoms with Crippen LogP contribution in [0.25, 0.3) is 0 Å². The summed E-state index contributed by atoms with van der Waals surface area (Å²) in [5, 5.41) is 0. The summed E-state index contributed by atoms with van der Waals surface area (Å²) in [7, 11) is 0. The van der Waals surface area contributed by atoms with Crippen LogP contribution in [0.1, 0.15) is 25.7 Å². The average molecular weight is 229 g/mol.